The molecule has 0 radical (unpaired) electrons. The quantitative estimate of drug-likeness (QED) is 0.723. The van der Waals surface area contributed by atoms with E-state index in [9.17, 15) is 9.59 Å². The van der Waals surface area contributed by atoms with Crippen LogP contribution in [0.3, 0.4) is 0 Å². The van der Waals surface area contributed by atoms with Crippen LogP contribution in [0, 0.1) is 6.92 Å². The normalized spacial score (nSPS) is 13.6. The summed E-state index contributed by atoms with van der Waals surface area (Å²) >= 11 is 0. The Balaban J connectivity index is 2.57. The predicted octanol–water partition coefficient (Wildman–Crippen LogP) is 1.36. The summed E-state index contributed by atoms with van der Waals surface area (Å²) in [5.74, 6) is -1.27. The lowest BCUT2D eigenvalue weighted by Crippen LogP contribution is -2.42. The fourth-order valence-electron chi connectivity index (χ4n) is 1.88. The first kappa shape index (κ1) is 15.2. The van der Waals surface area contributed by atoms with Gasteiger partial charge in [0.2, 0.25) is 5.91 Å². The number of carboxylic acids is 1. The number of nitrogens with one attached hydrogen (secondary N) is 1. The SMILES string of the molecule is Cc1ccccc1[C@H](C)NC(=O)C(N)CCC(=O)O. The molecular weight excluding hydrogens is 244 g/mol. The highest BCUT2D eigenvalue weighted by Crippen LogP contribution is 2.16. The van der Waals surface area contributed by atoms with Crippen molar-refractivity contribution in [1.82, 2.24) is 5.32 Å². The maximum absolute atomic E-state index is 11.8. The second-order valence-corrected chi connectivity index (χ2v) is 4.63. The van der Waals surface area contributed by atoms with Crippen LogP contribution >= 0.6 is 0 Å². The smallest absolute Gasteiger partial charge is 0.303 e. The first-order valence-electron chi connectivity index (χ1n) is 6.25. The molecule has 0 aliphatic heterocycles. The number of hydrogen-bond acceptors (Lipinski definition) is 3. The summed E-state index contributed by atoms with van der Waals surface area (Å²) in [5.41, 5.74) is 7.78. The number of hydrogen-bond donors (Lipinski definition) is 3. The third-order valence-electron chi connectivity index (χ3n) is 3.02. The van der Waals surface area contributed by atoms with Crippen molar-refractivity contribution < 1.29 is 14.7 Å². The first-order chi connectivity index (χ1) is 8.91. The standard InChI is InChI=1S/C14H20N2O3/c1-9-5-3-4-6-11(9)10(2)16-14(19)12(15)7-8-13(17)18/h3-6,10,12H,7-8,15H2,1-2H3,(H,16,19)(H,17,18)/t10-,12?/m0/s1. The Labute approximate surface area is 112 Å². The minimum absolute atomic E-state index is 0.104. The molecule has 1 amide bonds. The van der Waals surface area contributed by atoms with Crippen LogP contribution < -0.4 is 11.1 Å². The van der Waals surface area contributed by atoms with E-state index in [4.69, 9.17) is 10.8 Å². The van der Waals surface area contributed by atoms with Crippen molar-refractivity contribution in [1.29, 1.82) is 0 Å². The summed E-state index contributed by atoms with van der Waals surface area (Å²) in [4.78, 5) is 22.2. The number of aliphatic carboxylic acids is 1. The van der Waals surface area contributed by atoms with Gasteiger partial charge in [0.05, 0.1) is 12.1 Å². The van der Waals surface area contributed by atoms with Gasteiger partial charge in [0.15, 0.2) is 0 Å². The van der Waals surface area contributed by atoms with Crippen LogP contribution in [-0.2, 0) is 9.59 Å². The number of amides is 1. The molecule has 0 bridgehead atoms. The van der Waals surface area contributed by atoms with Crippen molar-refractivity contribution in [2.75, 3.05) is 0 Å². The van der Waals surface area contributed by atoms with Gasteiger partial charge in [-0.1, -0.05) is 24.3 Å². The molecule has 5 heteroatoms. The summed E-state index contributed by atoms with van der Waals surface area (Å²) in [5, 5.41) is 11.4. The van der Waals surface area contributed by atoms with Crippen molar-refractivity contribution >= 4 is 11.9 Å². The zero-order chi connectivity index (χ0) is 14.4. The maximum atomic E-state index is 11.8. The van der Waals surface area contributed by atoms with Gasteiger partial charge in [-0.05, 0) is 31.4 Å². The monoisotopic (exact) mass is 264 g/mol. The largest absolute Gasteiger partial charge is 0.481 e. The third kappa shape index (κ3) is 4.71. The van der Waals surface area contributed by atoms with Gasteiger partial charge in [-0.15, -0.1) is 0 Å². The van der Waals surface area contributed by atoms with E-state index in [1.54, 1.807) is 0 Å². The lowest BCUT2D eigenvalue weighted by molar-refractivity contribution is -0.137. The average Bonchev–Trinajstić information content (AvgIpc) is 2.36. The molecule has 1 aromatic carbocycles. The van der Waals surface area contributed by atoms with Crippen molar-refractivity contribution in [2.24, 2.45) is 5.73 Å². The lowest BCUT2D eigenvalue weighted by atomic mass is 10.0. The Hall–Kier alpha value is -1.88. The van der Waals surface area contributed by atoms with Gasteiger partial charge >= 0.3 is 5.97 Å². The summed E-state index contributed by atoms with van der Waals surface area (Å²) in [6, 6.07) is 6.83. The van der Waals surface area contributed by atoms with E-state index in [0.29, 0.717) is 0 Å². The second-order valence-electron chi connectivity index (χ2n) is 4.63. The Morgan fingerprint density at radius 1 is 1.37 bits per heavy atom. The lowest BCUT2D eigenvalue weighted by Gasteiger charge is -2.19. The number of aryl methyl sites for hydroxylation is 1. The van der Waals surface area contributed by atoms with E-state index in [2.05, 4.69) is 5.32 Å². The molecule has 0 spiro atoms. The maximum Gasteiger partial charge on any atom is 0.303 e. The van der Waals surface area contributed by atoms with Crippen LogP contribution in [0.2, 0.25) is 0 Å². The predicted molar refractivity (Wildman–Crippen MR) is 72.6 cm³/mol. The Morgan fingerprint density at radius 3 is 2.58 bits per heavy atom. The summed E-state index contributed by atoms with van der Waals surface area (Å²) in [6.45, 7) is 3.85. The number of carbonyl (C=O) groups is 2. The highest BCUT2D eigenvalue weighted by molar-refractivity contribution is 5.82. The summed E-state index contributed by atoms with van der Waals surface area (Å²) in [6.07, 6.45) is 0.0367. The van der Waals surface area contributed by atoms with Gasteiger partial charge in [-0.3, -0.25) is 9.59 Å². The van der Waals surface area contributed by atoms with Crippen LogP contribution in [0.25, 0.3) is 0 Å². The number of benzene rings is 1. The number of nitrogens with two attached hydrogens (primary N) is 1. The Morgan fingerprint density at radius 2 is 2.00 bits per heavy atom. The van der Waals surface area contributed by atoms with Crippen molar-refractivity contribution in [3.63, 3.8) is 0 Å². The van der Waals surface area contributed by atoms with Gasteiger partial charge in [0, 0.05) is 6.42 Å². The number of rotatable bonds is 6. The molecule has 5 nitrogen and oxygen atoms in total. The molecule has 0 fully saturated rings. The second kappa shape index (κ2) is 6.89. The highest BCUT2D eigenvalue weighted by atomic mass is 16.4. The third-order valence-corrected chi connectivity index (χ3v) is 3.02. The minimum atomic E-state index is -0.949. The highest BCUT2D eigenvalue weighted by Gasteiger charge is 2.18. The van der Waals surface area contributed by atoms with E-state index in [1.165, 1.54) is 0 Å². The molecule has 0 saturated heterocycles. The van der Waals surface area contributed by atoms with Crippen LogP contribution in [0.4, 0.5) is 0 Å². The van der Waals surface area contributed by atoms with E-state index in [-0.39, 0.29) is 24.8 Å². The van der Waals surface area contributed by atoms with E-state index in [1.807, 2.05) is 38.1 Å². The van der Waals surface area contributed by atoms with E-state index >= 15 is 0 Å². The minimum Gasteiger partial charge on any atom is -0.481 e. The average molecular weight is 264 g/mol. The van der Waals surface area contributed by atoms with Crippen LogP contribution in [0.1, 0.15) is 36.9 Å². The number of carbonyl (C=O) groups excluding carboxylic acids is 1. The summed E-state index contributed by atoms with van der Waals surface area (Å²) in [7, 11) is 0. The van der Waals surface area contributed by atoms with Gasteiger partial charge in [0.1, 0.15) is 0 Å². The topological polar surface area (TPSA) is 92.4 Å². The first-order valence-corrected chi connectivity index (χ1v) is 6.25. The van der Waals surface area contributed by atoms with E-state index < -0.39 is 12.0 Å². The van der Waals surface area contributed by atoms with Crippen LogP contribution in [0.5, 0.6) is 0 Å². The molecule has 1 rings (SSSR count). The molecule has 19 heavy (non-hydrogen) atoms. The molecule has 0 saturated carbocycles. The molecule has 1 unspecified atom stereocenters. The van der Waals surface area contributed by atoms with Crippen molar-refractivity contribution in [3.8, 4) is 0 Å². The Bertz CT molecular complexity index is 460. The van der Waals surface area contributed by atoms with E-state index in [0.717, 1.165) is 11.1 Å². The van der Waals surface area contributed by atoms with Gasteiger partial charge in [0.25, 0.3) is 0 Å². The molecule has 1 aromatic rings. The Kier molecular flexibility index (Phi) is 5.51. The molecular formula is C14H20N2O3. The molecule has 2 atom stereocenters. The van der Waals surface area contributed by atoms with Crippen molar-refractivity contribution in [2.45, 2.75) is 38.8 Å². The van der Waals surface area contributed by atoms with Gasteiger partial charge in [-0.2, -0.15) is 0 Å². The fourth-order valence-corrected chi connectivity index (χ4v) is 1.88. The molecule has 0 heterocycles. The van der Waals surface area contributed by atoms with Crippen molar-refractivity contribution in [3.05, 3.63) is 35.4 Å². The molecule has 104 valence electrons. The zero-order valence-electron chi connectivity index (χ0n) is 11.2. The van der Waals surface area contributed by atoms with Crippen LogP contribution in [-0.4, -0.2) is 23.0 Å². The summed E-state index contributed by atoms with van der Waals surface area (Å²) < 4.78 is 0. The zero-order valence-corrected chi connectivity index (χ0v) is 11.2. The molecule has 4 N–H and O–H groups in total. The van der Waals surface area contributed by atoms with Gasteiger partial charge in [-0.25, -0.2) is 0 Å². The molecule has 0 aliphatic rings. The molecule has 0 aromatic heterocycles. The van der Waals surface area contributed by atoms with Gasteiger partial charge < -0.3 is 16.2 Å². The van der Waals surface area contributed by atoms with Crippen LogP contribution in [0.15, 0.2) is 24.3 Å². The fraction of sp³-hybridized carbons (Fsp3) is 0.429. The number of carboxylic acid groups (broad SMARTS) is 1. The molecule has 0 aliphatic carbocycles.